The second-order valence-electron chi connectivity index (χ2n) is 6.81. The highest BCUT2D eigenvalue weighted by molar-refractivity contribution is 5.27. The van der Waals surface area contributed by atoms with Gasteiger partial charge in [0.25, 0.3) is 0 Å². The maximum Gasteiger partial charge on any atom is -0.00170 e. The Morgan fingerprint density at radius 2 is 1.29 bits per heavy atom. The van der Waals surface area contributed by atoms with Gasteiger partial charge in [0, 0.05) is 0 Å². The van der Waals surface area contributed by atoms with Gasteiger partial charge in [0.2, 0.25) is 0 Å². The Bertz CT molecular complexity index is 284. The molecule has 0 spiro atoms. The normalized spacial score (nSPS) is 17.4. The summed E-state index contributed by atoms with van der Waals surface area (Å²) in [7, 11) is 0. The van der Waals surface area contributed by atoms with Crippen molar-refractivity contribution in [3.05, 3.63) is 23.8 Å². The first kappa shape index (κ1) is 18.5. The highest BCUT2D eigenvalue weighted by Crippen LogP contribution is 2.29. The van der Waals surface area contributed by atoms with Gasteiger partial charge in [-0.3, -0.25) is 0 Å². The maximum absolute atomic E-state index is 2.44. The molecule has 0 aromatic heterocycles. The highest BCUT2D eigenvalue weighted by atomic mass is 14.2. The third-order valence-electron chi connectivity index (χ3n) is 4.82. The van der Waals surface area contributed by atoms with Crippen LogP contribution >= 0.6 is 0 Å². The summed E-state index contributed by atoms with van der Waals surface area (Å²) in [6.07, 6.45) is 26.9. The molecule has 1 aliphatic carbocycles. The van der Waals surface area contributed by atoms with E-state index >= 15 is 0 Å². The summed E-state index contributed by atoms with van der Waals surface area (Å²) in [5.41, 5.74) is 1.72. The first-order valence-corrected chi connectivity index (χ1v) is 9.75. The van der Waals surface area contributed by atoms with Crippen molar-refractivity contribution in [1.29, 1.82) is 0 Å². The van der Waals surface area contributed by atoms with Gasteiger partial charge >= 0.3 is 0 Å². The highest BCUT2D eigenvalue weighted by Gasteiger charge is 2.13. The zero-order chi connectivity index (χ0) is 15.2. The minimum Gasteiger partial charge on any atom is -0.0773 e. The van der Waals surface area contributed by atoms with Crippen molar-refractivity contribution >= 4 is 0 Å². The standard InChI is InChI=1S/C21H38/c1-3-5-7-9-11-13-16-20-18-15-19-21(20)17-14-12-10-8-6-4-2/h15,18-20H,3-14,16-17H2,1-2H3. The average molecular weight is 291 g/mol. The van der Waals surface area contributed by atoms with Gasteiger partial charge < -0.3 is 0 Å². The zero-order valence-electron chi connectivity index (χ0n) is 14.7. The summed E-state index contributed by atoms with van der Waals surface area (Å²) in [4.78, 5) is 0. The maximum atomic E-state index is 2.44. The molecule has 1 unspecified atom stereocenters. The van der Waals surface area contributed by atoms with Crippen molar-refractivity contribution in [2.75, 3.05) is 0 Å². The van der Waals surface area contributed by atoms with Crippen LogP contribution in [0.2, 0.25) is 0 Å². The van der Waals surface area contributed by atoms with Gasteiger partial charge in [0.05, 0.1) is 0 Å². The molecule has 0 nitrogen and oxygen atoms in total. The van der Waals surface area contributed by atoms with Crippen molar-refractivity contribution in [2.45, 2.75) is 104 Å². The number of hydrogen-bond acceptors (Lipinski definition) is 0. The molecule has 0 heteroatoms. The molecule has 0 amide bonds. The minimum atomic E-state index is 0.784. The fourth-order valence-electron chi connectivity index (χ4n) is 3.36. The number of rotatable bonds is 14. The van der Waals surface area contributed by atoms with Crippen molar-refractivity contribution in [2.24, 2.45) is 5.92 Å². The van der Waals surface area contributed by atoms with E-state index in [2.05, 4.69) is 32.1 Å². The quantitative estimate of drug-likeness (QED) is 0.289. The van der Waals surface area contributed by atoms with Crippen molar-refractivity contribution < 1.29 is 0 Å². The summed E-state index contributed by atoms with van der Waals surface area (Å²) >= 11 is 0. The lowest BCUT2D eigenvalue weighted by Gasteiger charge is -2.14. The van der Waals surface area contributed by atoms with E-state index in [1.54, 1.807) is 5.57 Å². The van der Waals surface area contributed by atoms with E-state index in [9.17, 15) is 0 Å². The first-order valence-electron chi connectivity index (χ1n) is 9.75. The second kappa shape index (κ2) is 13.2. The van der Waals surface area contributed by atoms with Gasteiger partial charge in [0.1, 0.15) is 0 Å². The molecular weight excluding hydrogens is 252 g/mol. The van der Waals surface area contributed by atoms with E-state index in [1.165, 1.54) is 89.9 Å². The third-order valence-corrected chi connectivity index (χ3v) is 4.82. The molecule has 21 heavy (non-hydrogen) atoms. The molecule has 122 valence electrons. The zero-order valence-corrected chi connectivity index (χ0v) is 14.7. The van der Waals surface area contributed by atoms with Crippen LogP contribution in [-0.4, -0.2) is 0 Å². The van der Waals surface area contributed by atoms with E-state index in [-0.39, 0.29) is 0 Å². The van der Waals surface area contributed by atoms with E-state index in [4.69, 9.17) is 0 Å². The topological polar surface area (TPSA) is 0 Å². The fourth-order valence-corrected chi connectivity index (χ4v) is 3.36. The van der Waals surface area contributed by atoms with Crippen LogP contribution in [-0.2, 0) is 0 Å². The predicted molar refractivity (Wildman–Crippen MR) is 96.7 cm³/mol. The van der Waals surface area contributed by atoms with Gasteiger partial charge in [-0.15, -0.1) is 0 Å². The molecule has 0 radical (unpaired) electrons. The Morgan fingerprint density at radius 1 is 0.714 bits per heavy atom. The van der Waals surface area contributed by atoms with Crippen LogP contribution in [0.5, 0.6) is 0 Å². The van der Waals surface area contributed by atoms with Gasteiger partial charge in [0.15, 0.2) is 0 Å². The van der Waals surface area contributed by atoms with Gasteiger partial charge in [-0.25, -0.2) is 0 Å². The lowest BCUT2D eigenvalue weighted by Crippen LogP contribution is -1.99. The van der Waals surface area contributed by atoms with E-state index in [0.717, 1.165) is 5.92 Å². The lowest BCUT2D eigenvalue weighted by atomic mass is 9.92. The summed E-state index contributed by atoms with van der Waals surface area (Å²) in [6.45, 7) is 4.59. The summed E-state index contributed by atoms with van der Waals surface area (Å²) in [5, 5.41) is 0. The molecule has 0 bridgehead atoms. The Labute approximate surface area is 134 Å². The minimum absolute atomic E-state index is 0.784. The van der Waals surface area contributed by atoms with Crippen LogP contribution in [0.15, 0.2) is 23.8 Å². The Balaban J connectivity index is 2.01. The SMILES string of the molecule is CCCCCCCCC1=CC=CC1CCCCCCCC. The van der Waals surface area contributed by atoms with Crippen LogP contribution in [0.4, 0.5) is 0 Å². The van der Waals surface area contributed by atoms with Crippen LogP contribution in [0, 0.1) is 5.92 Å². The largest absolute Gasteiger partial charge is 0.0773 e. The molecule has 1 atom stereocenters. The van der Waals surface area contributed by atoms with E-state index in [0.29, 0.717) is 0 Å². The molecule has 0 N–H and O–H groups in total. The Morgan fingerprint density at radius 3 is 1.95 bits per heavy atom. The van der Waals surface area contributed by atoms with Gasteiger partial charge in [-0.05, 0) is 25.2 Å². The number of allylic oxidation sites excluding steroid dienone is 4. The fraction of sp³-hybridized carbons (Fsp3) is 0.810. The third kappa shape index (κ3) is 9.17. The van der Waals surface area contributed by atoms with Crippen LogP contribution in [0.3, 0.4) is 0 Å². The van der Waals surface area contributed by atoms with E-state index < -0.39 is 0 Å². The van der Waals surface area contributed by atoms with Crippen LogP contribution < -0.4 is 0 Å². The molecular formula is C21H38. The monoisotopic (exact) mass is 290 g/mol. The van der Waals surface area contributed by atoms with Crippen molar-refractivity contribution in [1.82, 2.24) is 0 Å². The molecule has 1 aliphatic rings. The summed E-state index contributed by atoms with van der Waals surface area (Å²) in [6, 6.07) is 0. The Kier molecular flexibility index (Phi) is 11.6. The molecule has 0 aromatic carbocycles. The van der Waals surface area contributed by atoms with Crippen molar-refractivity contribution in [3.8, 4) is 0 Å². The van der Waals surface area contributed by atoms with Crippen LogP contribution in [0.25, 0.3) is 0 Å². The van der Waals surface area contributed by atoms with E-state index in [1.807, 2.05) is 0 Å². The lowest BCUT2D eigenvalue weighted by molar-refractivity contribution is 0.538. The molecule has 0 aromatic rings. The van der Waals surface area contributed by atoms with Crippen molar-refractivity contribution in [3.63, 3.8) is 0 Å². The van der Waals surface area contributed by atoms with Gasteiger partial charge in [-0.2, -0.15) is 0 Å². The Hall–Kier alpha value is -0.520. The average Bonchev–Trinajstić information content (AvgIpc) is 2.94. The smallest absolute Gasteiger partial charge is 0.00170 e. The van der Waals surface area contributed by atoms with Crippen LogP contribution in [0.1, 0.15) is 104 Å². The molecule has 0 heterocycles. The molecule has 1 rings (SSSR count). The predicted octanol–water partition coefficient (Wildman–Crippen LogP) is 7.60. The van der Waals surface area contributed by atoms with Gasteiger partial charge in [-0.1, -0.05) is 108 Å². The number of hydrogen-bond donors (Lipinski definition) is 0. The molecule has 0 saturated carbocycles. The number of unbranched alkanes of at least 4 members (excludes halogenated alkanes) is 10. The molecule has 0 saturated heterocycles. The molecule has 0 fully saturated rings. The second-order valence-corrected chi connectivity index (χ2v) is 6.81. The summed E-state index contributed by atoms with van der Waals surface area (Å²) in [5.74, 6) is 0.784. The first-order chi connectivity index (χ1) is 10.4. The molecule has 0 aliphatic heterocycles. The summed E-state index contributed by atoms with van der Waals surface area (Å²) < 4.78 is 0.